The molecule has 0 radical (unpaired) electrons. The van der Waals surface area contributed by atoms with Crippen LogP contribution in [0.25, 0.3) is 5.82 Å². The Bertz CT molecular complexity index is 688. The Morgan fingerprint density at radius 1 is 1.39 bits per heavy atom. The summed E-state index contributed by atoms with van der Waals surface area (Å²) in [5, 5.41) is 11.9. The number of amides is 1. The highest BCUT2D eigenvalue weighted by atomic mass is 16.1. The second-order valence-electron chi connectivity index (χ2n) is 6.40. The van der Waals surface area contributed by atoms with Crippen molar-refractivity contribution in [3.8, 4) is 5.82 Å². The Morgan fingerprint density at radius 3 is 2.83 bits per heavy atom. The van der Waals surface area contributed by atoms with Crippen LogP contribution in [0.15, 0.2) is 18.5 Å². The van der Waals surface area contributed by atoms with Crippen molar-refractivity contribution in [1.82, 2.24) is 29.8 Å². The van der Waals surface area contributed by atoms with Gasteiger partial charge in [-0.15, -0.1) is 0 Å². The SMILES string of the molecule is Cc1nn(C)c(-n2cccn2)c1C(=O)N[C@@H]1CCC[C@H]1N(C)C. The van der Waals surface area contributed by atoms with Gasteiger partial charge in [-0.05, 0) is 46.3 Å². The first-order valence-electron chi connectivity index (χ1n) is 8.00. The molecule has 124 valence electrons. The van der Waals surface area contributed by atoms with E-state index in [4.69, 9.17) is 0 Å². The third-order valence-electron chi connectivity index (χ3n) is 4.60. The monoisotopic (exact) mass is 316 g/mol. The van der Waals surface area contributed by atoms with Crippen molar-refractivity contribution in [1.29, 1.82) is 0 Å². The molecular weight excluding hydrogens is 292 g/mol. The average Bonchev–Trinajstić information content (AvgIpc) is 3.18. The van der Waals surface area contributed by atoms with E-state index in [0.717, 1.165) is 25.0 Å². The fraction of sp³-hybridized carbons (Fsp3) is 0.562. The zero-order valence-electron chi connectivity index (χ0n) is 14.2. The fourth-order valence-electron chi connectivity index (χ4n) is 3.54. The van der Waals surface area contributed by atoms with Crippen molar-refractivity contribution >= 4 is 5.91 Å². The highest BCUT2D eigenvalue weighted by molar-refractivity contribution is 5.98. The second-order valence-corrected chi connectivity index (χ2v) is 6.40. The van der Waals surface area contributed by atoms with Crippen molar-refractivity contribution in [3.63, 3.8) is 0 Å². The molecule has 1 aliphatic rings. The highest BCUT2D eigenvalue weighted by Crippen LogP contribution is 2.24. The van der Waals surface area contributed by atoms with Crippen LogP contribution in [0.2, 0.25) is 0 Å². The molecule has 0 aliphatic heterocycles. The maximum atomic E-state index is 12.9. The smallest absolute Gasteiger partial charge is 0.257 e. The van der Waals surface area contributed by atoms with Crippen molar-refractivity contribution < 1.29 is 4.79 Å². The minimum absolute atomic E-state index is 0.0696. The summed E-state index contributed by atoms with van der Waals surface area (Å²) in [5.41, 5.74) is 1.32. The normalized spacial score (nSPS) is 21.1. The molecule has 2 heterocycles. The number of carbonyl (C=O) groups excluding carboxylic acids is 1. The summed E-state index contributed by atoms with van der Waals surface area (Å²) in [7, 11) is 5.97. The standard InChI is InChI=1S/C16H24N6O/c1-11-14(16(21(4)19-11)22-10-6-9-17-22)15(23)18-12-7-5-8-13(12)20(2)3/h6,9-10,12-13H,5,7-8H2,1-4H3,(H,18,23)/t12-,13-/m1/s1. The van der Waals surface area contributed by atoms with Gasteiger partial charge in [0, 0.05) is 31.5 Å². The van der Waals surface area contributed by atoms with E-state index in [1.807, 2.05) is 26.2 Å². The summed E-state index contributed by atoms with van der Waals surface area (Å²) in [6.45, 7) is 1.86. The van der Waals surface area contributed by atoms with Gasteiger partial charge in [0.05, 0.1) is 5.69 Å². The Balaban J connectivity index is 1.88. The lowest BCUT2D eigenvalue weighted by Gasteiger charge is -2.27. The van der Waals surface area contributed by atoms with Gasteiger partial charge in [0.1, 0.15) is 5.56 Å². The van der Waals surface area contributed by atoms with E-state index in [2.05, 4.69) is 34.5 Å². The number of nitrogens with zero attached hydrogens (tertiary/aromatic N) is 5. The molecule has 23 heavy (non-hydrogen) atoms. The number of likely N-dealkylation sites (N-methyl/N-ethyl adjacent to an activating group) is 1. The molecule has 2 aromatic heterocycles. The second kappa shape index (κ2) is 6.16. The van der Waals surface area contributed by atoms with E-state index in [1.54, 1.807) is 15.6 Å². The molecule has 0 bridgehead atoms. The maximum absolute atomic E-state index is 12.9. The van der Waals surface area contributed by atoms with Gasteiger partial charge in [-0.1, -0.05) is 0 Å². The number of hydrogen-bond acceptors (Lipinski definition) is 4. The molecule has 1 aliphatic carbocycles. The van der Waals surface area contributed by atoms with Crippen LogP contribution >= 0.6 is 0 Å². The third kappa shape index (κ3) is 2.88. The Labute approximate surface area is 136 Å². The van der Waals surface area contributed by atoms with Gasteiger partial charge in [-0.2, -0.15) is 10.2 Å². The molecule has 0 saturated heterocycles. The van der Waals surface area contributed by atoms with Crippen LogP contribution in [0.1, 0.15) is 35.3 Å². The van der Waals surface area contributed by atoms with Crippen molar-refractivity contribution in [2.45, 2.75) is 38.3 Å². The average molecular weight is 316 g/mol. The topological polar surface area (TPSA) is 68.0 Å². The molecule has 0 unspecified atom stereocenters. The molecule has 0 aromatic carbocycles. The number of hydrogen-bond donors (Lipinski definition) is 1. The molecule has 2 aromatic rings. The summed E-state index contributed by atoms with van der Waals surface area (Å²) < 4.78 is 3.39. The molecule has 1 saturated carbocycles. The third-order valence-corrected chi connectivity index (χ3v) is 4.60. The molecular formula is C16H24N6O. The first-order valence-corrected chi connectivity index (χ1v) is 8.00. The van der Waals surface area contributed by atoms with Crippen LogP contribution in [-0.2, 0) is 7.05 Å². The molecule has 0 spiro atoms. The molecule has 7 nitrogen and oxygen atoms in total. The first kappa shape index (κ1) is 15.7. The largest absolute Gasteiger partial charge is 0.348 e. The zero-order chi connectivity index (χ0) is 16.6. The summed E-state index contributed by atoms with van der Waals surface area (Å²) in [6, 6.07) is 2.41. The predicted molar refractivity (Wildman–Crippen MR) is 87.6 cm³/mol. The maximum Gasteiger partial charge on any atom is 0.257 e. The Hall–Kier alpha value is -2.15. The van der Waals surface area contributed by atoms with Gasteiger partial charge in [-0.3, -0.25) is 4.79 Å². The van der Waals surface area contributed by atoms with Gasteiger partial charge >= 0.3 is 0 Å². The summed E-state index contributed by atoms with van der Waals surface area (Å²) in [6.07, 6.45) is 6.81. The van der Waals surface area contributed by atoms with Gasteiger partial charge < -0.3 is 10.2 Å². The lowest BCUT2D eigenvalue weighted by atomic mass is 10.1. The van der Waals surface area contributed by atoms with Crippen molar-refractivity contribution in [2.75, 3.05) is 14.1 Å². The van der Waals surface area contributed by atoms with E-state index in [-0.39, 0.29) is 11.9 Å². The Kier molecular flexibility index (Phi) is 4.21. The number of aryl methyl sites for hydroxylation is 2. The van der Waals surface area contributed by atoms with Crippen LogP contribution in [0.3, 0.4) is 0 Å². The van der Waals surface area contributed by atoms with Crippen LogP contribution in [0.4, 0.5) is 0 Å². The van der Waals surface area contributed by atoms with Crippen molar-refractivity contribution in [3.05, 3.63) is 29.7 Å². The minimum Gasteiger partial charge on any atom is -0.348 e. The molecule has 7 heteroatoms. The van der Waals surface area contributed by atoms with Gasteiger partial charge in [0.2, 0.25) is 0 Å². The van der Waals surface area contributed by atoms with E-state index >= 15 is 0 Å². The summed E-state index contributed by atoms with van der Waals surface area (Å²) >= 11 is 0. The van der Waals surface area contributed by atoms with E-state index in [9.17, 15) is 4.79 Å². The quantitative estimate of drug-likeness (QED) is 0.918. The van der Waals surface area contributed by atoms with Gasteiger partial charge in [0.25, 0.3) is 5.91 Å². The summed E-state index contributed by atoms with van der Waals surface area (Å²) in [4.78, 5) is 15.1. The van der Waals surface area contributed by atoms with Gasteiger partial charge in [0.15, 0.2) is 5.82 Å². The predicted octanol–water partition coefficient (Wildman–Crippen LogP) is 1.13. The molecule has 1 fully saturated rings. The van der Waals surface area contributed by atoms with E-state index in [1.165, 1.54) is 0 Å². The van der Waals surface area contributed by atoms with Crippen LogP contribution in [0.5, 0.6) is 0 Å². The highest BCUT2D eigenvalue weighted by Gasteiger charge is 2.32. The van der Waals surface area contributed by atoms with Crippen LogP contribution in [0, 0.1) is 6.92 Å². The first-order chi connectivity index (χ1) is 11.0. The van der Waals surface area contributed by atoms with Crippen molar-refractivity contribution in [2.24, 2.45) is 7.05 Å². The lowest BCUT2D eigenvalue weighted by Crippen LogP contribution is -2.46. The van der Waals surface area contributed by atoms with E-state index in [0.29, 0.717) is 17.4 Å². The minimum atomic E-state index is -0.0696. The van der Waals surface area contributed by atoms with Gasteiger partial charge in [-0.25, -0.2) is 9.36 Å². The lowest BCUT2D eigenvalue weighted by molar-refractivity contribution is 0.0918. The Morgan fingerprint density at radius 2 is 2.17 bits per heavy atom. The fourth-order valence-corrected chi connectivity index (χ4v) is 3.54. The van der Waals surface area contributed by atoms with Crippen LogP contribution in [-0.4, -0.2) is 56.5 Å². The summed E-state index contributed by atoms with van der Waals surface area (Å²) in [5.74, 6) is 0.629. The van der Waals surface area contributed by atoms with Crippen LogP contribution < -0.4 is 5.32 Å². The number of aromatic nitrogens is 4. The zero-order valence-corrected chi connectivity index (χ0v) is 14.2. The number of nitrogens with one attached hydrogen (secondary N) is 1. The number of rotatable bonds is 4. The molecule has 3 rings (SSSR count). The molecule has 1 amide bonds. The number of carbonyl (C=O) groups is 1. The molecule has 1 N–H and O–H groups in total. The molecule has 2 atom stereocenters. The van der Waals surface area contributed by atoms with E-state index < -0.39 is 0 Å².